The van der Waals surface area contributed by atoms with Crippen molar-refractivity contribution in [3.8, 4) is 0 Å². The van der Waals surface area contributed by atoms with E-state index in [4.69, 9.17) is 8.92 Å². The minimum absolute atomic E-state index is 0.230. The van der Waals surface area contributed by atoms with Crippen molar-refractivity contribution in [2.24, 2.45) is 0 Å². The molecule has 0 amide bonds. The molecule has 0 aromatic carbocycles. The molecular formula is C7H14NO4S+. The van der Waals surface area contributed by atoms with Crippen molar-refractivity contribution in [3.63, 3.8) is 0 Å². The van der Waals surface area contributed by atoms with Crippen LogP contribution in [0.5, 0.6) is 0 Å². The first-order valence-electron chi connectivity index (χ1n) is 4.24. The summed E-state index contributed by atoms with van der Waals surface area (Å²) in [6.45, 7) is 3.18. The van der Waals surface area contributed by atoms with Gasteiger partial charge < -0.3 is 4.74 Å². The summed E-state index contributed by atoms with van der Waals surface area (Å²) in [4.78, 5) is 0. The molecule has 13 heavy (non-hydrogen) atoms. The van der Waals surface area contributed by atoms with Gasteiger partial charge in [-0.1, -0.05) is 10.9 Å². The normalized spacial score (nSPS) is 18.4. The van der Waals surface area contributed by atoms with E-state index in [1.54, 1.807) is 0 Å². The molecule has 0 radical (unpaired) electrons. The molecule has 0 atom stereocenters. The summed E-state index contributed by atoms with van der Waals surface area (Å²) in [6, 6.07) is 0. The Morgan fingerprint density at radius 2 is 2.38 bits per heavy atom. The number of hydrogen-bond acceptors (Lipinski definition) is 4. The fraction of sp³-hybridized carbons (Fsp3) is 0.857. The van der Waals surface area contributed by atoms with Gasteiger partial charge in [0.2, 0.25) is 0 Å². The molecule has 0 N–H and O–H groups in total. The monoisotopic (exact) mass is 208 g/mol. The lowest BCUT2D eigenvalue weighted by Gasteiger charge is -2.07. The van der Waals surface area contributed by atoms with E-state index in [9.17, 15) is 8.42 Å². The van der Waals surface area contributed by atoms with Crippen LogP contribution in [0.1, 0.15) is 13.3 Å². The second-order valence-electron chi connectivity index (χ2n) is 2.65. The van der Waals surface area contributed by atoms with E-state index in [0.29, 0.717) is 26.2 Å². The predicted octanol–water partition coefficient (Wildman–Crippen LogP) is -0.229. The van der Waals surface area contributed by atoms with Gasteiger partial charge in [0, 0.05) is 0 Å². The van der Waals surface area contributed by atoms with E-state index in [0.717, 1.165) is 0 Å². The van der Waals surface area contributed by atoms with Gasteiger partial charge >= 0.3 is 10.3 Å². The zero-order valence-corrected chi connectivity index (χ0v) is 8.42. The Balaban J connectivity index is 2.62. The van der Waals surface area contributed by atoms with Crippen LogP contribution in [0.15, 0.2) is 0 Å². The van der Waals surface area contributed by atoms with Crippen LogP contribution in [0, 0.1) is 0 Å². The average molecular weight is 208 g/mol. The van der Waals surface area contributed by atoms with Crippen molar-refractivity contribution in [2.75, 3.05) is 26.4 Å². The predicted molar refractivity (Wildman–Crippen MR) is 47.2 cm³/mol. The molecule has 0 unspecified atom stereocenters. The van der Waals surface area contributed by atoms with E-state index in [2.05, 4.69) is 0 Å². The zero-order chi connectivity index (χ0) is 9.73. The minimum Gasteiger partial charge on any atom is -0.365 e. The summed E-state index contributed by atoms with van der Waals surface area (Å²) in [5.41, 5.74) is 0. The van der Waals surface area contributed by atoms with E-state index < -0.39 is 10.3 Å². The maximum absolute atomic E-state index is 11.4. The fourth-order valence-electron chi connectivity index (χ4n) is 0.924. The maximum atomic E-state index is 11.4. The molecule has 0 spiro atoms. The Morgan fingerprint density at radius 1 is 1.62 bits per heavy atom. The Labute approximate surface area is 78.2 Å². The Hall–Kier alpha value is -0.460. The molecule has 76 valence electrons. The van der Waals surface area contributed by atoms with E-state index in [1.807, 2.05) is 6.92 Å². The molecule has 0 bridgehead atoms. The fourth-order valence-corrected chi connectivity index (χ4v) is 1.98. The van der Waals surface area contributed by atoms with E-state index in [1.165, 1.54) is 10.2 Å². The lowest BCUT2D eigenvalue weighted by atomic mass is 10.5. The Kier molecular flexibility index (Phi) is 3.83. The lowest BCUT2D eigenvalue weighted by Crippen LogP contribution is -2.32. The van der Waals surface area contributed by atoms with Crippen LogP contribution in [0.2, 0.25) is 0 Å². The average Bonchev–Trinajstić information content (AvgIpc) is 2.16. The SMILES string of the molecule is CCCOS(=O)(=O)[N+]1=CCOCC1. The Morgan fingerprint density at radius 3 is 2.92 bits per heavy atom. The summed E-state index contributed by atoms with van der Waals surface area (Å²) >= 11 is 0. The van der Waals surface area contributed by atoms with Crippen LogP contribution in [-0.2, 0) is 19.2 Å². The summed E-state index contributed by atoms with van der Waals surface area (Å²) in [6.07, 6.45) is 2.16. The second kappa shape index (κ2) is 4.69. The second-order valence-corrected chi connectivity index (χ2v) is 4.21. The van der Waals surface area contributed by atoms with Crippen LogP contribution in [0.25, 0.3) is 0 Å². The summed E-state index contributed by atoms with van der Waals surface area (Å²) < 4.78 is 33.6. The van der Waals surface area contributed by atoms with Crippen molar-refractivity contribution in [1.82, 2.24) is 0 Å². The van der Waals surface area contributed by atoms with Crippen LogP contribution in [0.4, 0.5) is 0 Å². The molecule has 0 saturated carbocycles. The van der Waals surface area contributed by atoms with Gasteiger partial charge in [-0.25, -0.2) is 4.18 Å². The molecule has 0 aromatic heterocycles. The molecule has 0 aliphatic carbocycles. The minimum atomic E-state index is -3.55. The van der Waals surface area contributed by atoms with Crippen LogP contribution in [-0.4, -0.2) is 45.0 Å². The first kappa shape index (κ1) is 10.6. The standard InChI is InChI=1S/C7H14NO4S/c1-2-5-12-13(9,10)8-3-6-11-7-4-8/h3H,2,4-7H2,1H3/q+1. The molecule has 0 saturated heterocycles. The quantitative estimate of drug-likeness (QED) is 0.599. The molecule has 1 rings (SSSR count). The van der Waals surface area contributed by atoms with Gasteiger partial charge in [0.1, 0.15) is 13.2 Å². The largest absolute Gasteiger partial charge is 0.508 e. The third-order valence-corrected chi connectivity index (χ3v) is 2.95. The smallest absolute Gasteiger partial charge is 0.365 e. The topological polar surface area (TPSA) is 55.6 Å². The third kappa shape index (κ3) is 3.06. The van der Waals surface area contributed by atoms with Gasteiger partial charge in [-0.3, -0.25) is 0 Å². The van der Waals surface area contributed by atoms with Crippen LogP contribution in [0.3, 0.4) is 0 Å². The van der Waals surface area contributed by atoms with Crippen LogP contribution >= 0.6 is 0 Å². The molecule has 1 heterocycles. The highest BCUT2D eigenvalue weighted by Gasteiger charge is 2.27. The summed E-state index contributed by atoms with van der Waals surface area (Å²) in [5, 5.41) is 0. The van der Waals surface area contributed by atoms with Crippen molar-refractivity contribution >= 4 is 16.5 Å². The van der Waals surface area contributed by atoms with Gasteiger partial charge in [-0.05, 0) is 6.42 Å². The molecule has 6 heteroatoms. The van der Waals surface area contributed by atoms with Crippen molar-refractivity contribution in [2.45, 2.75) is 13.3 Å². The molecule has 0 fully saturated rings. The van der Waals surface area contributed by atoms with Gasteiger partial charge in [-0.2, -0.15) is 0 Å². The van der Waals surface area contributed by atoms with Gasteiger partial charge in [-0.15, -0.1) is 8.42 Å². The Bertz CT molecular complexity index is 283. The summed E-state index contributed by atoms with van der Waals surface area (Å²) in [5.74, 6) is 0. The van der Waals surface area contributed by atoms with Crippen molar-refractivity contribution < 1.29 is 21.3 Å². The highest BCUT2D eigenvalue weighted by molar-refractivity contribution is 7.80. The van der Waals surface area contributed by atoms with Gasteiger partial charge in [0.15, 0.2) is 12.8 Å². The molecule has 5 nitrogen and oxygen atoms in total. The lowest BCUT2D eigenvalue weighted by molar-refractivity contribution is -0.389. The summed E-state index contributed by atoms with van der Waals surface area (Å²) in [7, 11) is -3.55. The maximum Gasteiger partial charge on any atom is 0.508 e. The number of ether oxygens (including phenoxy) is 1. The first-order chi connectivity index (χ1) is 6.17. The first-order valence-corrected chi connectivity index (χ1v) is 5.60. The van der Waals surface area contributed by atoms with E-state index >= 15 is 0 Å². The molecular weight excluding hydrogens is 194 g/mol. The number of rotatable bonds is 4. The molecule has 1 aliphatic heterocycles. The van der Waals surface area contributed by atoms with Crippen LogP contribution < -0.4 is 0 Å². The molecule has 0 aromatic rings. The number of hydrogen-bond donors (Lipinski definition) is 0. The zero-order valence-electron chi connectivity index (χ0n) is 7.60. The highest BCUT2D eigenvalue weighted by Crippen LogP contribution is 1.99. The highest BCUT2D eigenvalue weighted by atomic mass is 32.2. The van der Waals surface area contributed by atoms with Crippen molar-refractivity contribution in [1.29, 1.82) is 0 Å². The van der Waals surface area contributed by atoms with Gasteiger partial charge in [0.25, 0.3) is 0 Å². The molecule has 1 aliphatic rings. The van der Waals surface area contributed by atoms with E-state index in [-0.39, 0.29) is 6.61 Å². The third-order valence-electron chi connectivity index (χ3n) is 1.58. The van der Waals surface area contributed by atoms with Gasteiger partial charge in [0.05, 0.1) is 6.61 Å². The van der Waals surface area contributed by atoms with Crippen molar-refractivity contribution in [3.05, 3.63) is 0 Å². The number of nitrogens with zero attached hydrogens (tertiary/aromatic N) is 1.